The predicted octanol–water partition coefficient (Wildman–Crippen LogP) is 3.76. The molecule has 3 nitrogen and oxygen atoms in total. The Bertz CT molecular complexity index is 447. The molecule has 1 fully saturated rings. The average molecular weight is 276 g/mol. The summed E-state index contributed by atoms with van der Waals surface area (Å²) < 4.78 is 5.21. The van der Waals surface area contributed by atoms with Crippen molar-refractivity contribution >= 4 is 5.97 Å². The molecule has 1 saturated carbocycles. The quantitative estimate of drug-likeness (QED) is 0.890. The first kappa shape index (κ1) is 14.9. The Kier molecular flexibility index (Phi) is 5.05. The van der Waals surface area contributed by atoms with Crippen LogP contribution in [-0.2, 0) is 11.2 Å². The summed E-state index contributed by atoms with van der Waals surface area (Å²) in [5, 5.41) is 9.55. The average Bonchev–Trinajstić information content (AvgIpc) is 2.46. The van der Waals surface area contributed by atoms with E-state index in [1.165, 1.54) is 0 Å². The Balaban J connectivity index is 2.07. The van der Waals surface area contributed by atoms with Crippen LogP contribution in [0.4, 0.5) is 0 Å². The molecule has 2 rings (SSSR count). The standard InChI is InChI=1S/C17H24O3/c1-12-6-8-14(9-7-12)16(17(18)19)11-13-4-3-5-15(10-13)20-2/h3-5,10,12,14,16H,6-9,11H2,1-2H3,(H,18,19). The summed E-state index contributed by atoms with van der Waals surface area (Å²) >= 11 is 0. The molecule has 1 unspecified atom stereocenters. The molecule has 0 heterocycles. The number of methoxy groups -OCH3 is 1. The van der Waals surface area contributed by atoms with E-state index in [1.54, 1.807) is 7.11 Å². The zero-order valence-corrected chi connectivity index (χ0v) is 12.3. The van der Waals surface area contributed by atoms with Gasteiger partial charge in [-0.2, -0.15) is 0 Å². The van der Waals surface area contributed by atoms with Crippen LogP contribution < -0.4 is 4.74 Å². The lowest BCUT2D eigenvalue weighted by Crippen LogP contribution is -2.29. The van der Waals surface area contributed by atoms with Gasteiger partial charge in [-0.1, -0.05) is 31.9 Å². The van der Waals surface area contributed by atoms with Gasteiger partial charge in [-0.05, 0) is 48.8 Å². The second-order valence-electron chi connectivity index (χ2n) is 6.02. The van der Waals surface area contributed by atoms with Gasteiger partial charge in [0.1, 0.15) is 5.75 Å². The maximum atomic E-state index is 11.6. The smallest absolute Gasteiger partial charge is 0.307 e. The van der Waals surface area contributed by atoms with Crippen LogP contribution in [0, 0.1) is 17.8 Å². The van der Waals surface area contributed by atoms with E-state index in [2.05, 4.69) is 6.92 Å². The Morgan fingerprint density at radius 2 is 2.05 bits per heavy atom. The molecule has 1 N–H and O–H groups in total. The topological polar surface area (TPSA) is 46.5 Å². The molecule has 1 atom stereocenters. The Labute approximate surface area is 121 Å². The van der Waals surface area contributed by atoms with Crippen LogP contribution in [0.25, 0.3) is 0 Å². The molecule has 1 aliphatic carbocycles. The van der Waals surface area contributed by atoms with Crippen molar-refractivity contribution < 1.29 is 14.6 Å². The zero-order chi connectivity index (χ0) is 14.5. The van der Waals surface area contributed by atoms with Gasteiger partial charge in [-0.15, -0.1) is 0 Å². The molecule has 0 aliphatic heterocycles. The minimum atomic E-state index is -0.660. The fraction of sp³-hybridized carbons (Fsp3) is 0.588. The number of ether oxygens (including phenoxy) is 1. The number of carboxylic acid groups (broad SMARTS) is 1. The molecular formula is C17H24O3. The molecule has 1 aromatic carbocycles. The molecule has 3 heteroatoms. The van der Waals surface area contributed by atoms with Crippen molar-refractivity contribution in [1.82, 2.24) is 0 Å². The molecule has 0 aromatic heterocycles. The molecule has 1 aliphatic rings. The lowest BCUT2D eigenvalue weighted by Gasteiger charge is -2.30. The molecule has 110 valence electrons. The Hall–Kier alpha value is -1.51. The van der Waals surface area contributed by atoms with E-state index in [9.17, 15) is 9.90 Å². The third kappa shape index (κ3) is 3.75. The van der Waals surface area contributed by atoms with Gasteiger partial charge in [0, 0.05) is 0 Å². The number of carbonyl (C=O) groups is 1. The summed E-state index contributed by atoms with van der Waals surface area (Å²) in [7, 11) is 1.64. The summed E-state index contributed by atoms with van der Waals surface area (Å²) in [5.74, 6) is 0.929. The molecule has 0 amide bonds. The van der Waals surface area contributed by atoms with Crippen LogP contribution in [0.5, 0.6) is 5.75 Å². The fourth-order valence-electron chi connectivity index (χ4n) is 3.20. The monoisotopic (exact) mass is 276 g/mol. The highest BCUT2D eigenvalue weighted by molar-refractivity contribution is 5.70. The number of rotatable bonds is 5. The van der Waals surface area contributed by atoms with E-state index < -0.39 is 5.97 Å². The van der Waals surface area contributed by atoms with E-state index in [-0.39, 0.29) is 5.92 Å². The molecule has 0 bridgehead atoms. The Morgan fingerprint density at radius 1 is 1.35 bits per heavy atom. The Morgan fingerprint density at radius 3 is 2.65 bits per heavy atom. The van der Waals surface area contributed by atoms with Crippen LogP contribution in [0.15, 0.2) is 24.3 Å². The van der Waals surface area contributed by atoms with Crippen LogP contribution >= 0.6 is 0 Å². The van der Waals surface area contributed by atoms with E-state index in [4.69, 9.17) is 4.74 Å². The largest absolute Gasteiger partial charge is 0.497 e. The molecule has 0 spiro atoms. The van der Waals surface area contributed by atoms with Crippen molar-refractivity contribution in [2.75, 3.05) is 7.11 Å². The van der Waals surface area contributed by atoms with Crippen molar-refractivity contribution in [3.63, 3.8) is 0 Å². The first-order valence-corrected chi connectivity index (χ1v) is 7.46. The van der Waals surface area contributed by atoms with Crippen LogP contribution in [0.3, 0.4) is 0 Å². The molecular weight excluding hydrogens is 252 g/mol. The lowest BCUT2D eigenvalue weighted by molar-refractivity contribution is -0.144. The van der Waals surface area contributed by atoms with Gasteiger partial charge in [-0.3, -0.25) is 4.79 Å². The number of hydrogen-bond acceptors (Lipinski definition) is 2. The summed E-state index contributed by atoms with van der Waals surface area (Å²) in [4.78, 5) is 11.6. The molecule has 20 heavy (non-hydrogen) atoms. The van der Waals surface area contributed by atoms with E-state index in [1.807, 2.05) is 24.3 Å². The third-order valence-electron chi connectivity index (χ3n) is 4.54. The highest BCUT2D eigenvalue weighted by atomic mass is 16.5. The summed E-state index contributed by atoms with van der Waals surface area (Å²) in [6, 6.07) is 7.75. The maximum absolute atomic E-state index is 11.6. The lowest BCUT2D eigenvalue weighted by atomic mass is 9.74. The fourth-order valence-corrected chi connectivity index (χ4v) is 3.20. The van der Waals surface area contributed by atoms with Gasteiger partial charge in [0.15, 0.2) is 0 Å². The number of hydrogen-bond donors (Lipinski definition) is 1. The van der Waals surface area contributed by atoms with Gasteiger partial charge < -0.3 is 9.84 Å². The summed E-state index contributed by atoms with van der Waals surface area (Å²) in [6.45, 7) is 2.26. The molecule has 0 radical (unpaired) electrons. The normalized spacial score (nSPS) is 24.1. The third-order valence-corrected chi connectivity index (χ3v) is 4.54. The number of benzene rings is 1. The minimum Gasteiger partial charge on any atom is -0.497 e. The first-order chi connectivity index (χ1) is 9.60. The summed E-state index contributed by atoms with van der Waals surface area (Å²) in [5.41, 5.74) is 1.05. The van der Waals surface area contributed by atoms with E-state index in [0.29, 0.717) is 12.3 Å². The first-order valence-electron chi connectivity index (χ1n) is 7.46. The van der Waals surface area contributed by atoms with Crippen molar-refractivity contribution in [3.8, 4) is 5.75 Å². The van der Waals surface area contributed by atoms with E-state index in [0.717, 1.165) is 42.9 Å². The number of carboxylic acids is 1. The van der Waals surface area contributed by atoms with Crippen molar-refractivity contribution in [1.29, 1.82) is 0 Å². The summed E-state index contributed by atoms with van der Waals surface area (Å²) in [6.07, 6.45) is 5.01. The second-order valence-corrected chi connectivity index (χ2v) is 6.02. The second kappa shape index (κ2) is 6.78. The van der Waals surface area contributed by atoms with Gasteiger partial charge in [0.25, 0.3) is 0 Å². The van der Waals surface area contributed by atoms with Gasteiger partial charge in [0.05, 0.1) is 13.0 Å². The predicted molar refractivity (Wildman–Crippen MR) is 78.9 cm³/mol. The molecule has 1 aromatic rings. The van der Waals surface area contributed by atoms with Crippen LogP contribution in [-0.4, -0.2) is 18.2 Å². The van der Waals surface area contributed by atoms with Gasteiger partial charge in [0.2, 0.25) is 0 Å². The van der Waals surface area contributed by atoms with Crippen molar-refractivity contribution in [2.45, 2.75) is 39.0 Å². The SMILES string of the molecule is COc1cccc(CC(C(=O)O)C2CCC(C)CC2)c1. The van der Waals surface area contributed by atoms with Crippen LogP contribution in [0.2, 0.25) is 0 Å². The zero-order valence-electron chi connectivity index (χ0n) is 12.3. The van der Waals surface area contributed by atoms with Gasteiger partial charge in [-0.25, -0.2) is 0 Å². The number of aliphatic carboxylic acids is 1. The maximum Gasteiger partial charge on any atom is 0.307 e. The molecule has 0 saturated heterocycles. The van der Waals surface area contributed by atoms with E-state index >= 15 is 0 Å². The van der Waals surface area contributed by atoms with Crippen molar-refractivity contribution in [2.24, 2.45) is 17.8 Å². The van der Waals surface area contributed by atoms with Gasteiger partial charge >= 0.3 is 5.97 Å². The van der Waals surface area contributed by atoms with Crippen LogP contribution in [0.1, 0.15) is 38.2 Å². The highest BCUT2D eigenvalue weighted by Crippen LogP contribution is 2.35. The van der Waals surface area contributed by atoms with Crippen molar-refractivity contribution in [3.05, 3.63) is 29.8 Å². The highest BCUT2D eigenvalue weighted by Gasteiger charge is 2.31. The minimum absolute atomic E-state index is 0.269.